The highest BCUT2D eigenvalue weighted by Gasteiger charge is 2.19. The maximum absolute atomic E-state index is 12.3. The Morgan fingerprint density at radius 3 is 2.50 bits per heavy atom. The van der Waals surface area contributed by atoms with Gasteiger partial charge in [-0.05, 0) is 32.4 Å². The van der Waals surface area contributed by atoms with E-state index in [1.54, 1.807) is 32.0 Å². The fraction of sp³-hybridized carbons (Fsp3) is 0.571. The molecule has 20 heavy (non-hydrogen) atoms. The molecule has 1 rings (SSSR count). The number of hydrogen-bond donors (Lipinski definition) is 3. The van der Waals surface area contributed by atoms with Crippen molar-refractivity contribution in [1.82, 2.24) is 4.72 Å². The van der Waals surface area contributed by atoms with Crippen molar-refractivity contribution in [2.75, 3.05) is 11.9 Å². The maximum atomic E-state index is 12.3. The van der Waals surface area contributed by atoms with Gasteiger partial charge in [-0.1, -0.05) is 25.5 Å². The van der Waals surface area contributed by atoms with Gasteiger partial charge in [-0.15, -0.1) is 0 Å². The zero-order chi connectivity index (χ0) is 15.2. The standard InChI is InChI=1S/C14H25N3O2S/c1-4-7-12(15)10-16-13-8-5-6-9-14(13)20(18,19)17-11(2)3/h5-6,8-9,11-12,16-17H,4,7,10,15H2,1-3H3. The summed E-state index contributed by atoms with van der Waals surface area (Å²) in [6, 6.07) is 6.75. The first-order valence-corrected chi connectivity index (χ1v) is 8.46. The second-order valence-electron chi connectivity index (χ2n) is 5.20. The summed E-state index contributed by atoms with van der Waals surface area (Å²) in [5.41, 5.74) is 6.53. The monoisotopic (exact) mass is 299 g/mol. The molecular weight excluding hydrogens is 274 g/mol. The third-order valence-corrected chi connectivity index (χ3v) is 4.50. The lowest BCUT2D eigenvalue weighted by Gasteiger charge is -2.17. The van der Waals surface area contributed by atoms with Crippen LogP contribution in [0.4, 0.5) is 5.69 Å². The van der Waals surface area contributed by atoms with Gasteiger partial charge in [0.1, 0.15) is 4.90 Å². The number of nitrogens with one attached hydrogen (secondary N) is 2. The smallest absolute Gasteiger partial charge is 0.242 e. The summed E-state index contributed by atoms with van der Waals surface area (Å²) in [4.78, 5) is 0.261. The predicted octanol–water partition coefficient (Wildman–Crippen LogP) is 1.91. The van der Waals surface area contributed by atoms with E-state index in [9.17, 15) is 8.42 Å². The van der Waals surface area contributed by atoms with E-state index in [4.69, 9.17) is 5.73 Å². The first-order chi connectivity index (χ1) is 9.36. The third kappa shape index (κ3) is 5.11. The van der Waals surface area contributed by atoms with E-state index in [1.807, 2.05) is 6.07 Å². The Balaban J connectivity index is 2.88. The minimum atomic E-state index is -3.50. The highest BCUT2D eigenvalue weighted by Crippen LogP contribution is 2.20. The molecule has 0 spiro atoms. The fourth-order valence-corrected chi connectivity index (χ4v) is 3.37. The van der Waals surface area contributed by atoms with Crippen molar-refractivity contribution in [1.29, 1.82) is 0 Å². The molecule has 0 saturated heterocycles. The van der Waals surface area contributed by atoms with Crippen molar-refractivity contribution in [2.45, 2.75) is 50.6 Å². The molecule has 1 aromatic carbocycles. The van der Waals surface area contributed by atoms with Gasteiger partial charge in [0.2, 0.25) is 10.0 Å². The molecule has 0 amide bonds. The highest BCUT2D eigenvalue weighted by atomic mass is 32.2. The molecule has 0 bridgehead atoms. The van der Waals surface area contributed by atoms with Crippen LogP contribution in [0.25, 0.3) is 0 Å². The number of sulfonamides is 1. The quantitative estimate of drug-likeness (QED) is 0.684. The average molecular weight is 299 g/mol. The first-order valence-electron chi connectivity index (χ1n) is 6.97. The largest absolute Gasteiger partial charge is 0.382 e. The van der Waals surface area contributed by atoms with Gasteiger partial charge in [-0.2, -0.15) is 0 Å². The molecule has 0 fully saturated rings. The van der Waals surface area contributed by atoms with Crippen molar-refractivity contribution in [3.05, 3.63) is 24.3 Å². The predicted molar refractivity (Wildman–Crippen MR) is 83.3 cm³/mol. The molecule has 0 saturated carbocycles. The Morgan fingerprint density at radius 2 is 1.90 bits per heavy atom. The summed E-state index contributed by atoms with van der Waals surface area (Å²) in [5, 5.41) is 3.13. The van der Waals surface area contributed by atoms with Gasteiger partial charge in [-0.3, -0.25) is 0 Å². The zero-order valence-electron chi connectivity index (χ0n) is 12.4. The molecule has 5 nitrogen and oxygen atoms in total. The van der Waals surface area contributed by atoms with Crippen LogP contribution in [0.15, 0.2) is 29.2 Å². The van der Waals surface area contributed by atoms with Gasteiger partial charge < -0.3 is 11.1 Å². The molecule has 0 aromatic heterocycles. The third-order valence-electron chi connectivity index (χ3n) is 2.78. The Hall–Kier alpha value is -1.11. The minimum Gasteiger partial charge on any atom is -0.382 e. The lowest BCUT2D eigenvalue weighted by Crippen LogP contribution is -2.32. The average Bonchev–Trinajstić information content (AvgIpc) is 2.35. The van der Waals surface area contributed by atoms with E-state index in [0.717, 1.165) is 12.8 Å². The summed E-state index contributed by atoms with van der Waals surface area (Å²) >= 11 is 0. The van der Waals surface area contributed by atoms with Crippen molar-refractivity contribution in [2.24, 2.45) is 5.73 Å². The van der Waals surface area contributed by atoms with Gasteiger partial charge in [-0.25, -0.2) is 13.1 Å². The van der Waals surface area contributed by atoms with Crippen LogP contribution in [0.1, 0.15) is 33.6 Å². The minimum absolute atomic E-state index is 0.0221. The molecule has 1 aromatic rings. The summed E-state index contributed by atoms with van der Waals surface area (Å²) < 4.78 is 27.1. The molecule has 0 aliphatic carbocycles. The van der Waals surface area contributed by atoms with Gasteiger partial charge in [0, 0.05) is 18.6 Å². The molecule has 0 radical (unpaired) electrons. The Bertz CT molecular complexity index is 515. The van der Waals surface area contributed by atoms with Crippen LogP contribution in [-0.2, 0) is 10.0 Å². The van der Waals surface area contributed by atoms with E-state index in [-0.39, 0.29) is 17.0 Å². The highest BCUT2D eigenvalue weighted by molar-refractivity contribution is 7.89. The van der Waals surface area contributed by atoms with Crippen LogP contribution in [-0.4, -0.2) is 27.0 Å². The van der Waals surface area contributed by atoms with Crippen LogP contribution in [0.2, 0.25) is 0 Å². The van der Waals surface area contributed by atoms with Crippen molar-refractivity contribution in [3.8, 4) is 0 Å². The van der Waals surface area contributed by atoms with Crippen LogP contribution in [0.3, 0.4) is 0 Å². The zero-order valence-corrected chi connectivity index (χ0v) is 13.2. The van der Waals surface area contributed by atoms with Crippen molar-refractivity contribution >= 4 is 15.7 Å². The topological polar surface area (TPSA) is 84.2 Å². The van der Waals surface area contributed by atoms with Crippen molar-refractivity contribution < 1.29 is 8.42 Å². The molecule has 1 unspecified atom stereocenters. The van der Waals surface area contributed by atoms with E-state index in [0.29, 0.717) is 12.2 Å². The normalized spacial score (nSPS) is 13.4. The number of hydrogen-bond acceptors (Lipinski definition) is 4. The van der Waals surface area contributed by atoms with Crippen LogP contribution in [0.5, 0.6) is 0 Å². The lowest BCUT2D eigenvalue weighted by atomic mass is 10.2. The second-order valence-corrected chi connectivity index (χ2v) is 6.88. The Labute approximate surface area is 122 Å². The summed E-state index contributed by atoms with van der Waals surface area (Å²) in [5.74, 6) is 0. The number of nitrogens with two attached hydrogens (primary N) is 1. The van der Waals surface area contributed by atoms with Gasteiger partial charge in [0.15, 0.2) is 0 Å². The molecule has 0 heterocycles. The van der Waals surface area contributed by atoms with Crippen LogP contribution < -0.4 is 15.8 Å². The molecule has 1 atom stereocenters. The van der Waals surface area contributed by atoms with E-state index in [1.165, 1.54) is 0 Å². The Morgan fingerprint density at radius 1 is 1.25 bits per heavy atom. The molecule has 0 aliphatic rings. The van der Waals surface area contributed by atoms with Gasteiger partial charge in [0.05, 0.1) is 5.69 Å². The first kappa shape index (κ1) is 16.9. The van der Waals surface area contributed by atoms with Gasteiger partial charge >= 0.3 is 0 Å². The molecule has 6 heteroatoms. The molecule has 114 valence electrons. The van der Waals surface area contributed by atoms with Gasteiger partial charge in [0.25, 0.3) is 0 Å². The maximum Gasteiger partial charge on any atom is 0.242 e. The SMILES string of the molecule is CCCC(N)CNc1ccccc1S(=O)(=O)NC(C)C. The number of benzene rings is 1. The number of anilines is 1. The van der Waals surface area contributed by atoms with Crippen molar-refractivity contribution in [3.63, 3.8) is 0 Å². The van der Waals surface area contributed by atoms with E-state index >= 15 is 0 Å². The summed E-state index contributed by atoms with van der Waals surface area (Å²) in [6.07, 6.45) is 1.92. The number of rotatable bonds is 8. The molecule has 4 N–H and O–H groups in total. The fourth-order valence-electron chi connectivity index (χ4n) is 1.93. The van der Waals surface area contributed by atoms with E-state index < -0.39 is 10.0 Å². The second kappa shape index (κ2) is 7.61. The molecular formula is C14H25N3O2S. The molecule has 0 aliphatic heterocycles. The number of para-hydroxylation sites is 1. The lowest BCUT2D eigenvalue weighted by molar-refractivity contribution is 0.570. The van der Waals surface area contributed by atoms with Crippen LogP contribution in [0, 0.1) is 0 Å². The van der Waals surface area contributed by atoms with Crippen LogP contribution >= 0.6 is 0 Å². The summed E-state index contributed by atoms with van der Waals surface area (Å²) in [6.45, 7) is 6.22. The van der Waals surface area contributed by atoms with E-state index in [2.05, 4.69) is 17.0 Å². The Kier molecular flexibility index (Phi) is 6.45. The summed E-state index contributed by atoms with van der Waals surface area (Å²) in [7, 11) is -3.50.